The number of carbonyl (C=O) groups excluding carboxylic acids is 2. The van der Waals surface area contributed by atoms with Crippen molar-refractivity contribution in [3.63, 3.8) is 0 Å². The van der Waals surface area contributed by atoms with Crippen molar-refractivity contribution in [3.05, 3.63) is 28.3 Å². The number of ketones is 1. The minimum absolute atomic E-state index is 0.0321. The molecule has 8 heteroatoms. The normalized spacial score (nSPS) is 20.7. The minimum Gasteiger partial charge on any atom is -0.323 e. The maximum Gasteiger partial charge on any atom is 0.243 e. The average molecular weight is 385 g/mol. The molecular weight excluding hydrogens is 364 g/mol. The molecule has 1 N–H and O–H groups in total. The molecule has 1 heterocycles. The van der Waals surface area contributed by atoms with E-state index in [0.29, 0.717) is 42.1 Å². The Kier molecular flexibility index (Phi) is 4.92. The summed E-state index contributed by atoms with van der Waals surface area (Å²) in [5, 5.41) is 3.08. The summed E-state index contributed by atoms with van der Waals surface area (Å²) >= 11 is 6.24. The highest BCUT2D eigenvalue weighted by molar-refractivity contribution is 7.89. The minimum atomic E-state index is -3.41. The first-order valence-electron chi connectivity index (χ1n) is 8.36. The Morgan fingerprint density at radius 1 is 1.28 bits per heavy atom. The molecule has 1 aliphatic heterocycles. The van der Waals surface area contributed by atoms with E-state index in [1.807, 2.05) is 13.8 Å². The third-order valence-corrected chi connectivity index (χ3v) is 6.96. The van der Waals surface area contributed by atoms with Gasteiger partial charge in [-0.3, -0.25) is 9.59 Å². The van der Waals surface area contributed by atoms with Crippen LogP contribution in [0, 0.1) is 5.92 Å². The van der Waals surface area contributed by atoms with Crippen LogP contribution in [0.2, 0.25) is 5.02 Å². The molecule has 1 aromatic carbocycles. The number of Topliss-reactive ketones (excluding diaryl/α,β-unsaturated/α-hetero) is 1. The Morgan fingerprint density at radius 2 is 2.00 bits per heavy atom. The summed E-state index contributed by atoms with van der Waals surface area (Å²) in [5.74, 6) is -0.516. The highest BCUT2D eigenvalue weighted by atomic mass is 35.5. The first-order valence-corrected chi connectivity index (χ1v) is 10.4. The van der Waals surface area contributed by atoms with Crippen LogP contribution in [-0.4, -0.2) is 42.8 Å². The molecule has 0 saturated carbocycles. The molecule has 25 heavy (non-hydrogen) atoms. The van der Waals surface area contributed by atoms with E-state index in [9.17, 15) is 18.0 Å². The van der Waals surface area contributed by atoms with Crippen LogP contribution in [0.15, 0.2) is 12.1 Å². The van der Waals surface area contributed by atoms with E-state index in [4.69, 9.17) is 11.6 Å². The largest absolute Gasteiger partial charge is 0.323 e. The number of nitrogens with one attached hydrogen (secondary N) is 1. The highest BCUT2D eigenvalue weighted by Gasteiger charge is 2.40. The molecule has 1 unspecified atom stereocenters. The number of halogens is 1. The lowest BCUT2D eigenvalue weighted by atomic mass is 10.0. The second-order valence-electron chi connectivity index (χ2n) is 6.87. The fourth-order valence-electron chi connectivity index (χ4n) is 3.50. The molecule has 1 atom stereocenters. The van der Waals surface area contributed by atoms with Crippen molar-refractivity contribution in [2.75, 3.05) is 17.6 Å². The van der Waals surface area contributed by atoms with Crippen LogP contribution in [-0.2, 0) is 21.2 Å². The molecule has 136 valence electrons. The number of anilines is 1. The molecule has 6 nitrogen and oxygen atoms in total. The molecule has 1 saturated heterocycles. The van der Waals surface area contributed by atoms with Crippen molar-refractivity contribution in [1.82, 2.24) is 4.31 Å². The Bertz CT molecular complexity index is 835. The number of sulfonamides is 1. The number of carbonyl (C=O) groups is 2. The van der Waals surface area contributed by atoms with Crippen molar-refractivity contribution in [1.29, 1.82) is 0 Å². The molecule has 1 amide bonds. The molecular formula is C17H21ClN2O4S. The molecule has 1 aliphatic carbocycles. The summed E-state index contributed by atoms with van der Waals surface area (Å²) in [4.78, 5) is 24.7. The van der Waals surface area contributed by atoms with E-state index >= 15 is 0 Å². The lowest BCUT2D eigenvalue weighted by Gasteiger charge is -2.28. The summed E-state index contributed by atoms with van der Waals surface area (Å²) in [5.41, 5.74) is 1.81. The zero-order chi connectivity index (χ0) is 18.4. The molecule has 0 radical (unpaired) electrons. The number of hydrogen-bond acceptors (Lipinski definition) is 4. The van der Waals surface area contributed by atoms with Gasteiger partial charge in [-0.2, -0.15) is 4.31 Å². The molecule has 0 spiro atoms. The fraction of sp³-hybridized carbons (Fsp3) is 0.529. The molecule has 1 aromatic rings. The van der Waals surface area contributed by atoms with E-state index in [2.05, 4.69) is 5.32 Å². The van der Waals surface area contributed by atoms with E-state index in [-0.39, 0.29) is 17.5 Å². The Morgan fingerprint density at radius 3 is 2.60 bits per heavy atom. The Balaban J connectivity index is 1.88. The lowest BCUT2D eigenvalue weighted by molar-refractivity contribution is -0.120. The third kappa shape index (κ3) is 3.45. The van der Waals surface area contributed by atoms with Crippen molar-refractivity contribution < 1.29 is 18.0 Å². The fourth-order valence-corrected chi connectivity index (χ4v) is 5.56. The van der Waals surface area contributed by atoms with Crippen LogP contribution in [0.5, 0.6) is 0 Å². The highest BCUT2D eigenvalue weighted by Crippen LogP contribution is 2.32. The topological polar surface area (TPSA) is 83.6 Å². The summed E-state index contributed by atoms with van der Waals surface area (Å²) in [6.07, 6.45) is 1.62. The smallest absolute Gasteiger partial charge is 0.243 e. The second kappa shape index (κ2) is 6.70. The SMILES string of the molecule is CC(C)C(C(=O)Nc1cc2c(cc1Cl)CCC2=O)N1CCCS1(=O)=O. The van der Waals surface area contributed by atoms with E-state index in [0.717, 1.165) is 5.56 Å². The third-order valence-electron chi connectivity index (χ3n) is 4.72. The second-order valence-corrected chi connectivity index (χ2v) is 9.32. The zero-order valence-corrected chi connectivity index (χ0v) is 15.8. The molecule has 0 aromatic heterocycles. The van der Waals surface area contributed by atoms with Crippen molar-refractivity contribution in [2.24, 2.45) is 5.92 Å². The van der Waals surface area contributed by atoms with Gasteiger partial charge in [0.1, 0.15) is 6.04 Å². The Hall–Kier alpha value is -1.44. The number of hydrogen-bond donors (Lipinski definition) is 1. The first kappa shape index (κ1) is 18.4. The monoisotopic (exact) mass is 384 g/mol. The number of fused-ring (bicyclic) bond motifs is 1. The van der Waals surface area contributed by atoms with Gasteiger partial charge in [0.05, 0.1) is 16.5 Å². The summed E-state index contributed by atoms with van der Waals surface area (Å²) in [6, 6.07) is 2.50. The number of nitrogens with zero attached hydrogens (tertiary/aromatic N) is 1. The maximum atomic E-state index is 12.8. The standard InChI is InChI=1S/C17H21ClN2O4S/c1-10(2)16(20-6-3-7-25(20,23)24)17(22)19-14-9-12-11(8-13(14)18)4-5-15(12)21/h8-10,16H,3-7H2,1-2H3,(H,19,22). The van der Waals surface area contributed by atoms with Crippen LogP contribution < -0.4 is 5.32 Å². The summed E-state index contributed by atoms with van der Waals surface area (Å²) in [7, 11) is -3.41. The van der Waals surface area contributed by atoms with Gasteiger partial charge in [0.2, 0.25) is 15.9 Å². The predicted octanol–water partition coefficient (Wildman–Crippen LogP) is 2.47. The molecule has 1 fully saturated rings. The number of rotatable bonds is 4. The van der Waals surface area contributed by atoms with Gasteiger partial charge in [0.25, 0.3) is 0 Å². The summed E-state index contributed by atoms with van der Waals surface area (Å²) in [6.45, 7) is 3.97. The van der Waals surface area contributed by atoms with E-state index in [1.165, 1.54) is 4.31 Å². The quantitative estimate of drug-likeness (QED) is 0.864. The summed E-state index contributed by atoms with van der Waals surface area (Å²) < 4.78 is 25.7. The average Bonchev–Trinajstić information content (AvgIpc) is 3.03. The maximum absolute atomic E-state index is 12.8. The molecule has 3 rings (SSSR count). The molecule has 0 bridgehead atoms. The van der Waals surface area contributed by atoms with Gasteiger partial charge >= 0.3 is 0 Å². The van der Waals surface area contributed by atoms with Gasteiger partial charge in [0, 0.05) is 18.5 Å². The van der Waals surface area contributed by atoms with Crippen molar-refractivity contribution in [3.8, 4) is 0 Å². The molecule has 2 aliphatic rings. The number of aryl methyl sites for hydroxylation is 1. The Labute approximate surface area is 152 Å². The van der Waals surface area contributed by atoms with Crippen LogP contribution >= 0.6 is 11.6 Å². The first-order chi connectivity index (χ1) is 11.7. The van der Waals surface area contributed by atoms with Crippen molar-refractivity contribution >= 4 is 39.0 Å². The van der Waals surface area contributed by atoms with E-state index in [1.54, 1.807) is 12.1 Å². The van der Waals surface area contributed by atoms with Gasteiger partial charge in [-0.15, -0.1) is 0 Å². The van der Waals surface area contributed by atoms with Crippen LogP contribution in [0.3, 0.4) is 0 Å². The van der Waals surface area contributed by atoms with Crippen LogP contribution in [0.1, 0.15) is 42.6 Å². The lowest BCUT2D eigenvalue weighted by Crippen LogP contribution is -2.48. The van der Waals surface area contributed by atoms with Gasteiger partial charge in [0.15, 0.2) is 5.78 Å². The number of benzene rings is 1. The van der Waals surface area contributed by atoms with Gasteiger partial charge < -0.3 is 5.32 Å². The zero-order valence-electron chi connectivity index (χ0n) is 14.2. The van der Waals surface area contributed by atoms with E-state index < -0.39 is 22.0 Å². The van der Waals surface area contributed by atoms with Gasteiger partial charge in [-0.25, -0.2) is 8.42 Å². The predicted molar refractivity (Wildman–Crippen MR) is 96.5 cm³/mol. The van der Waals surface area contributed by atoms with Crippen LogP contribution in [0.25, 0.3) is 0 Å². The van der Waals surface area contributed by atoms with Crippen molar-refractivity contribution in [2.45, 2.75) is 39.2 Å². The van der Waals surface area contributed by atoms with Gasteiger partial charge in [-0.1, -0.05) is 25.4 Å². The van der Waals surface area contributed by atoms with Gasteiger partial charge in [-0.05, 0) is 36.5 Å². The van der Waals surface area contributed by atoms with Crippen LogP contribution in [0.4, 0.5) is 5.69 Å². The number of amides is 1.